The number of carbonyl (C=O) groups is 1. The van der Waals surface area contributed by atoms with Crippen LogP contribution in [0.2, 0.25) is 0 Å². The summed E-state index contributed by atoms with van der Waals surface area (Å²) in [5, 5.41) is 3.33. The molecule has 6 nitrogen and oxygen atoms in total. The number of hydrogen-bond acceptors (Lipinski definition) is 5. The van der Waals surface area contributed by atoms with Gasteiger partial charge < -0.3 is 19.7 Å². The third-order valence-corrected chi connectivity index (χ3v) is 4.85. The fourth-order valence-electron chi connectivity index (χ4n) is 3.32. The highest BCUT2D eigenvalue weighted by Gasteiger charge is 2.24. The monoisotopic (exact) mass is 365 g/mol. The van der Waals surface area contributed by atoms with E-state index < -0.39 is 0 Å². The normalized spacial score (nSPS) is 21.6. The summed E-state index contributed by atoms with van der Waals surface area (Å²) in [5.41, 5.74) is 0. The molecule has 0 aromatic heterocycles. The number of ether oxygens (including phenoxy) is 2. The first kappa shape index (κ1) is 19.1. The Morgan fingerprint density at radius 1 is 1.23 bits per heavy atom. The quantitative estimate of drug-likeness (QED) is 0.734. The molecule has 0 aliphatic carbocycles. The summed E-state index contributed by atoms with van der Waals surface area (Å²) in [6, 6.07) is 6.25. The second kappa shape index (κ2) is 9.85. The average molecular weight is 365 g/mol. The molecule has 2 aliphatic rings. The molecule has 3 rings (SSSR count). The van der Waals surface area contributed by atoms with E-state index in [1.165, 1.54) is 12.1 Å². The largest absolute Gasteiger partial charge is 0.494 e. The Morgan fingerprint density at radius 3 is 2.69 bits per heavy atom. The summed E-state index contributed by atoms with van der Waals surface area (Å²) < 4.78 is 23.9. The molecule has 2 saturated heterocycles. The van der Waals surface area contributed by atoms with Gasteiger partial charge in [0.1, 0.15) is 11.6 Å². The van der Waals surface area contributed by atoms with E-state index in [-0.39, 0.29) is 17.8 Å². The van der Waals surface area contributed by atoms with Gasteiger partial charge in [-0.1, -0.05) is 0 Å². The van der Waals surface area contributed by atoms with E-state index in [9.17, 15) is 9.18 Å². The van der Waals surface area contributed by atoms with Gasteiger partial charge in [0.2, 0.25) is 5.91 Å². The van der Waals surface area contributed by atoms with E-state index >= 15 is 0 Å². The highest BCUT2D eigenvalue weighted by Crippen LogP contribution is 2.12. The van der Waals surface area contributed by atoms with Crippen LogP contribution in [0.25, 0.3) is 0 Å². The molecule has 0 spiro atoms. The fourth-order valence-corrected chi connectivity index (χ4v) is 3.32. The van der Waals surface area contributed by atoms with E-state index in [2.05, 4.69) is 10.2 Å². The molecule has 0 unspecified atom stereocenters. The van der Waals surface area contributed by atoms with Crippen LogP contribution in [0, 0.1) is 5.82 Å². The number of nitrogens with zero attached hydrogens (tertiary/aromatic N) is 2. The van der Waals surface area contributed by atoms with E-state index in [0.29, 0.717) is 25.4 Å². The van der Waals surface area contributed by atoms with E-state index in [1.807, 2.05) is 4.90 Å². The van der Waals surface area contributed by atoms with Crippen molar-refractivity contribution in [3.63, 3.8) is 0 Å². The maximum absolute atomic E-state index is 12.8. The highest BCUT2D eigenvalue weighted by atomic mass is 19.1. The number of piperazine rings is 1. The Bertz CT molecular complexity index is 556. The van der Waals surface area contributed by atoms with Crippen LogP contribution in [-0.4, -0.2) is 80.8 Å². The summed E-state index contributed by atoms with van der Waals surface area (Å²) in [6.45, 7) is 7.10. The van der Waals surface area contributed by atoms with Gasteiger partial charge in [-0.05, 0) is 30.7 Å². The van der Waals surface area contributed by atoms with Crippen molar-refractivity contribution in [2.45, 2.75) is 18.9 Å². The molecule has 0 radical (unpaired) electrons. The summed E-state index contributed by atoms with van der Waals surface area (Å²) >= 11 is 0. The maximum atomic E-state index is 12.8. The molecular weight excluding hydrogens is 337 g/mol. The van der Waals surface area contributed by atoms with Gasteiger partial charge >= 0.3 is 0 Å². The van der Waals surface area contributed by atoms with Crippen molar-refractivity contribution in [1.29, 1.82) is 0 Å². The number of nitrogens with one attached hydrogen (secondary N) is 1. The molecule has 1 N–H and O–H groups in total. The minimum atomic E-state index is -0.253. The molecule has 1 amide bonds. The Morgan fingerprint density at radius 2 is 2.00 bits per heavy atom. The van der Waals surface area contributed by atoms with Gasteiger partial charge in [0.05, 0.1) is 19.8 Å². The van der Waals surface area contributed by atoms with Crippen molar-refractivity contribution < 1.29 is 18.7 Å². The molecule has 144 valence electrons. The molecule has 26 heavy (non-hydrogen) atoms. The second-order valence-corrected chi connectivity index (χ2v) is 6.81. The lowest BCUT2D eigenvalue weighted by atomic mass is 10.1. The molecule has 0 bridgehead atoms. The average Bonchev–Trinajstić information content (AvgIpc) is 2.68. The van der Waals surface area contributed by atoms with Crippen LogP contribution in [0.15, 0.2) is 24.3 Å². The van der Waals surface area contributed by atoms with Gasteiger partial charge in [0, 0.05) is 51.7 Å². The first-order valence-corrected chi connectivity index (χ1v) is 9.40. The lowest BCUT2D eigenvalue weighted by Crippen LogP contribution is -2.51. The second-order valence-electron chi connectivity index (χ2n) is 6.81. The van der Waals surface area contributed by atoms with Gasteiger partial charge in [-0.15, -0.1) is 0 Å². The lowest BCUT2D eigenvalue weighted by Gasteiger charge is -2.35. The van der Waals surface area contributed by atoms with Crippen LogP contribution in [-0.2, 0) is 9.53 Å². The van der Waals surface area contributed by atoms with Gasteiger partial charge in [0.25, 0.3) is 0 Å². The van der Waals surface area contributed by atoms with Crippen molar-refractivity contribution in [1.82, 2.24) is 15.1 Å². The van der Waals surface area contributed by atoms with E-state index in [0.717, 1.165) is 52.3 Å². The van der Waals surface area contributed by atoms with Gasteiger partial charge in [-0.2, -0.15) is 0 Å². The summed E-state index contributed by atoms with van der Waals surface area (Å²) in [4.78, 5) is 16.7. The zero-order valence-electron chi connectivity index (χ0n) is 15.2. The number of morpholine rings is 1. The van der Waals surface area contributed by atoms with E-state index in [1.54, 1.807) is 12.1 Å². The van der Waals surface area contributed by atoms with Gasteiger partial charge in [0.15, 0.2) is 0 Å². The summed E-state index contributed by atoms with van der Waals surface area (Å²) in [6.07, 6.45) is 1.43. The lowest BCUT2D eigenvalue weighted by molar-refractivity contribution is -0.134. The summed E-state index contributed by atoms with van der Waals surface area (Å²) in [5.74, 6) is 0.658. The third-order valence-electron chi connectivity index (χ3n) is 4.85. The van der Waals surface area contributed by atoms with Crippen LogP contribution in [0.1, 0.15) is 12.8 Å². The van der Waals surface area contributed by atoms with Crippen LogP contribution in [0.5, 0.6) is 5.75 Å². The van der Waals surface area contributed by atoms with Crippen LogP contribution >= 0.6 is 0 Å². The predicted molar refractivity (Wildman–Crippen MR) is 96.8 cm³/mol. The molecule has 0 saturated carbocycles. The molecule has 1 atom stereocenters. The minimum absolute atomic E-state index is 0.151. The molecule has 7 heteroatoms. The Labute approximate surface area is 154 Å². The first-order chi connectivity index (χ1) is 12.7. The zero-order valence-corrected chi connectivity index (χ0v) is 15.2. The first-order valence-electron chi connectivity index (χ1n) is 9.40. The molecule has 1 aromatic rings. The van der Waals surface area contributed by atoms with Gasteiger partial charge in [-0.3, -0.25) is 9.69 Å². The topological polar surface area (TPSA) is 54.0 Å². The zero-order chi connectivity index (χ0) is 18.2. The van der Waals surface area contributed by atoms with Crippen molar-refractivity contribution in [3.8, 4) is 5.75 Å². The maximum Gasteiger partial charge on any atom is 0.224 e. The number of amides is 1. The van der Waals surface area contributed by atoms with Crippen molar-refractivity contribution in [2.24, 2.45) is 0 Å². The molecule has 2 heterocycles. The minimum Gasteiger partial charge on any atom is -0.494 e. The Hall–Kier alpha value is -1.70. The standard InChI is InChI=1S/C19H28FN3O3/c20-16-2-4-18(5-3-16)26-12-1-7-22-8-10-23(11-9-22)19(24)14-17-15-25-13-6-21-17/h2-5,17,21H,1,6-15H2/t17-/m0/s1. The molecule has 1 aromatic carbocycles. The molecule has 2 aliphatic heterocycles. The van der Waals surface area contributed by atoms with Gasteiger partial charge in [-0.25, -0.2) is 4.39 Å². The van der Waals surface area contributed by atoms with Crippen LogP contribution in [0.3, 0.4) is 0 Å². The number of carbonyl (C=O) groups excluding carboxylic acids is 1. The smallest absolute Gasteiger partial charge is 0.224 e. The highest BCUT2D eigenvalue weighted by molar-refractivity contribution is 5.77. The number of hydrogen-bond donors (Lipinski definition) is 1. The van der Waals surface area contributed by atoms with Crippen molar-refractivity contribution in [2.75, 3.05) is 59.1 Å². The Kier molecular flexibility index (Phi) is 7.22. The Balaban J connectivity index is 1.28. The third kappa shape index (κ3) is 5.93. The van der Waals surface area contributed by atoms with Crippen LogP contribution < -0.4 is 10.1 Å². The molecule has 2 fully saturated rings. The van der Waals surface area contributed by atoms with Crippen molar-refractivity contribution >= 4 is 5.91 Å². The summed E-state index contributed by atoms with van der Waals surface area (Å²) in [7, 11) is 0. The number of benzene rings is 1. The SMILES string of the molecule is O=C(C[C@H]1COCCN1)N1CCN(CCCOc2ccc(F)cc2)CC1. The fraction of sp³-hybridized carbons (Fsp3) is 0.632. The van der Waals surface area contributed by atoms with Crippen LogP contribution in [0.4, 0.5) is 4.39 Å². The number of halogens is 1. The van der Waals surface area contributed by atoms with E-state index in [4.69, 9.17) is 9.47 Å². The molecular formula is C19H28FN3O3. The number of rotatable bonds is 7. The van der Waals surface area contributed by atoms with Crippen molar-refractivity contribution in [3.05, 3.63) is 30.1 Å². The predicted octanol–water partition coefficient (Wildman–Crippen LogP) is 1.12.